The first-order valence-electron chi connectivity index (χ1n) is 10.3. The van der Waals surface area contributed by atoms with Crippen LogP contribution in [-0.2, 0) is 0 Å². The average Bonchev–Trinajstić information content (AvgIpc) is 2.84. The Bertz CT molecular complexity index is 1440. The van der Waals surface area contributed by atoms with Crippen molar-refractivity contribution in [2.75, 3.05) is 26.6 Å². The van der Waals surface area contributed by atoms with Crippen molar-refractivity contribution in [3.63, 3.8) is 0 Å². The first kappa shape index (κ1) is 23.1. The Hall–Kier alpha value is -4.04. The third-order valence-electron chi connectivity index (χ3n) is 5.33. The van der Waals surface area contributed by atoms with Crippen LogP contribution in [0.2, 0.25) is 5.02 Å². The van der Waals surface area contributed by atoms with Crippen LogP contribution in [0.5, 0.6) is 17.2 Å². The van der Waals surface area contributed by atoms with Crippen molar-refractivity contribution in [3.8, 4) is 22.9 Å². The summed E-state index contributed by atoms with van der Waals surface area (Å²) in [6.07, 6.45) is 0. The summed E-state index contributed by atoms with van der Waals surface area (Å²) in [5, 5.41) is 3.60. The van der Waals surface area contributed by atoms with Crippen molar-refractivity contribution in [1.29, 1.82) is 0 Å². The van der Waals surface area contributed by atoms with E-state index in [0.717, 1.165) is 0 Å². The van der Waals surface area contributed by atoms with Gasteiger partial charge in [-0.1, -0.05) is 23.7 Å². The number of methoxy groups -OCH3 is 3. The van der Waals surface area contributed by atoms with Crippen LogP contribution in [0.25, 0.3) is 16.6 Å². The summed E-state index contributed by atoms with van der Waals surface area (Å²) in [5.41, 5.74) is 1.53. The molecule has 3 aromatic carbocycles. The van der Waals surface area contributed by atoms with Crippen molar-refractivity contribution in [3.05, 3.63) is 81.4 Å². The van der Waals surface area contributed by atoms with E-state index in [0.29, 0.717) is 50.4 Å². The average molecular weight is 480 g/mol. The molecule has 1 N–H and O–H groups in total. The number of carbonyl (C=O) groups excluding carboxylic acids is 1. The largest absolute Gasteiger partial charge is 0.493 e. The van der Waals surface area contributed by atoms with E-state index in [1.165, 1.54) is 38.0 Å². The monoisotopic (exact) mass is 479 g/mol. The number of hydrogen-bond donors (Lipinski definition) is 1. The fourth-order valence-electron chi connectivity index (χ4n) is 3.70. The molecule has 1 amide bonds. The molecule has 0 radical (unpaired) electrons. The third-order valence-corrected chi connectivity index (χ3v) is 5.66. The second-order valence-corrected chi connectivity index (χ2v) is 7.76. The zero-order valence-electron chi connectivity index (χ0n) is 19.0. The smallest absolute Gasteiger partial charge is 0.265 e. The molecular weight excluding hydrogens is 458 g/mol. The molecule has 1 aromatic heterocycles. The van der Waals surface area contributed by atoms with Crippen molar-refractivity contribution in [2.24, 2.45) is 0 Å². The summed E-state index contributed by atoms with van der Waals surface area (Å²) in [5.74, 6) is 1.12. The highest BCUT2D eigenvalue weighted by Gasteiger charge is 2.18. The Kier molecular flexibility index (Phi) is 6.43. The molecule has 8 nitrogen and oxygen atoms in total. The van der Waals surface area contributed by atoms with E-state index in [4.69, 9.17) is 25.8 Å². The lowest BCUT2D eigenvalue weighted by Gasteiger charge is -2.15. The van der Waals surface area contributed by atoms with Gasteiger partial charge in [-0.2, -0.15) is 0 Å². The topological polar surface area (TPSA) is 91.7 Å². The van der Waals surface area contributed by atoms with E-state index in [-0.39, 0.29) is 11.1 Å². The van der Waals surface area contributed by atoms with Crippen molar-refractivity contribution in [2.45, 2.75) is 6.92 Å². The zero-order valence-corrected chi connectivity index (χ0v) is 19.8. The quantitative estimate of drug-likeness (QED) is 0.433. The molecule has 0 atom stereocenters. The standard InChI is InChI=1S/C25H22ClN3O5/c1-14-27-19-8-6-5-7-17(19)25(31)29(14)16-9-10-18(26)20(13-16)28-24(30)15-11-21(32-2)23(34-4)22(12-15)33-3/h5-13H,1-4H3,(H,28,30). The van der Waals surface area contributed by atoms with Gasteiger partial charge in [0.2, 0.25) is 5.75 Å². The molecule has 0 unspecified atom stereocenters. The molecule has 0 aliphatic rings. The number of nitrogens with zero attached hydrogens (tertiary/aromatic N) is 2. The predicted octanol–water partition coefficient (Wildman–Crippen LogP) is 4.63. The van der Waals surface area contributed by atoms with E-state index in [9.17, 15) is 9.59 Å². The minimum absolute atomic E-state index is 0.215. The minimum Gasteiger partial charge on any atom is -0.493 e. The Morgan fingerprint density at radius 2 is 1.65 bits per heavy atom. The maximum absolute atomic E-state index is 13.2. The van der Waals surface area contributed by atoms with Crippen LogP contribution in [0.3, 0.4) is 0 Å². The normalized spacial score (nSPS) is 10.7. The number of amides is 1. The fourth-order valence-corrected chi connectivity index (χ4v) is 3.87. The molecule has 4 aromatic rings. The summed E-state index contributed by atoms with van der Waals surface area (Å²) in [6, 6.07) is 15.1. The van der Waals surface area contributed by atoms with Gasteiger partial charge in [-0.05, 0) is 49.4 Å². The van der Waals surface area contributed by atoms with E-state index < -0.39 is 5.91 Å². The number of nitrogens with one attached hydrogen (secondary N) is 1. The Morgan fingerprint density at radius 1 is 0.971 bits per heavy atom. The Balaban J connectivity index is 1.74. The van der Waals surface area contributed by atoms with Crippen LogP contribution in [0, 0.1) is 6.92 Å². The number of fused-ring (bicyclic) bond motifs is 1. The second kappa shape index (κ2) is 9.44. The molecule has 0 bridgehead atoms. The first-order chi connectivity index (χ1) is 16.4. The van der Waals surface area contributed by atoms with Crippen LogP contribution >= 0.6 is 11.6 Å². The molecule has 34 heavy (non-hydrogen) atoms. The third kappa shape index (κ3) is 4.15. The second-order valence-electron chi connectivity index (χ2n) is 7.35. The van der Waals surface area contributed by atoms with Gasteiger partial charge >= 0.3 is 0 Å². The van der Waals surface area contributed by atoms with Crippen molar-refractivity contribution in [1.82, 2.24) is 9.55 Å². The lowest BCUT2D eigenvalue weighted by molar-refractivity contribution is 0.102. The number of hydrogen-bond acceptors (Lipinski definition) is 6. The molecule has 0 fully saturated rings. The lowest BCUT2D eigenvalue weighted by atomic mass is 10.1. The Morgan fingerprint density at radius 3 is 2.29 bits per heavy atom. The molecule has 0 saturated heterocycles. The van der Waals surface area contributed by atoms with Gasteiger partial charge in [0, 0.05) is 5.56 Å². The van der Waals surface area contributed by atoms with Crippen LogP contribution in [0.4, 0.5) is 5.69 Å². The van der Waals surface area contributed by atoms with Crippen LogP contribution < -0.4 is 25.1 Å². The lowest BCUT2D eigenvalue weighted by Crippen LogP contribution is -2.22. The zero-order chi connectivity index (χ0) is 24.4. The predicted molar refractivity (Wildman–Crippen MR) is 131 cm³/mol. The molecule has 4 rings (SSSR count). The van der Waals surface area contributed by atoms with Gasteiger partial charge in [-0.3, -0.25) is 14.2 Å². The van der Waals surface area contributed by atoms with Crippen LogP contribution in [0.15, 0.2) is 59.4 Å². The van der Waals surface area contributed by atoms with Crippen LogP contribution in [-0.4, -0.2) is 36.8 Å². The number of halogens is 1. The molecule has 0 spiro atoms. The maximum Gasteiger partial charge on any atom is 0.265 e. The highest BCUT2D eigenvalue weighted by atomic mass is 35.5. The summed E-state index contributed by atoms with van der Waals surface area (Å²) >= 11 is 6.37. The van der Waals surface area contributed by atoms with Gasteiger partial charge in [0.05, 0.1) is 48.6 Å². The van der Waals surface area contributed by atoms with E-state index >= 15 is 0 Å². The number of benzene rings is 3. The van der Waals surface area contributed by atoms with Crippen LogP contribution in [0.1, 0.15) is 16.2 Å². The fraction of sp³-hybridized carbons (Fsp3) is 0.160. The number of para-hydroxylation sites is 1. The van der Waals surface area contributed by atoms with Gasteiger partial charge in [-0.25, -0.2) is 4.98 Å². The minimum atomic E-state index is -0.445. The molecule has 0 saturated carbocycles. The SMILES string of the molecule is COc1cc(C(=O)Nc2cc(-n3c(C)nc4ccccc4c3=O)ccc2Cl)cc(OC)c1OC. The first-order valence-corrected chi connectivity index (χ1v) is 10.7. The van der Waals surface area contributed by atoms with Gasteiger partial charge in [0.1, 0.15) is 5.82 Å². The number of carbonyl (C=O) groups is 1. The van der Waals surface area contributed by atoms with E-state index in [1.807, 2.05) is 6.07 Å². The number of rotatable bonds is 6. The maximum atomic E-state index is 13.2. The highest BCUT2D eigenvalue weighted by molar-refractivity contribution is 6.34. The van der Waals surface area contributed by atoms with Crippen molar-refractivity contribution < 1.29 is 19.0 Å². The molecule has 9 heteroatoms. The summed E-state index contributed by atoms with van der Waals surface area (Å²) < 4.78 is 17.4. The number of anilines is 1. The van der Waals surface area contributed by atoms with Gasteiger partial charge in [-0.15, -0.1) is 0 Å². The highest BCUT2D eigenvalue weighted by Crippen LogP contribution is 2.38. The number of aryl methyl sites for hydroxylation is 1. The number of ether oxygens (including phenoxy) is 3. The van der Waals surface area contributed by atoms with Gasteiger partial charge < -0.3 is 19.5 Å². The summed E-state index contributed by atoms with van der Waals surface area (Å²) in [7, 11) is 4.42. The molecule has 0 aliphatic carbocycles. The van der Waals surface area contributed by atoms with E-state index in [2.05, 4.69) is 10.3 Å². The molecule has 0 aliphatic heterocycles. The molecule has 174 valence electrons. The van der Waals surface area contributed by atoms with Crippen molar-refractivity contribution >= 4 is 34.1 Å². The van der Waals surface area contributed by atoms with E-state index in [1.54, 1.807) is 43.3 Å². The Labute approximate surface area is 200 Å². The summed E-state index contributed by atoms with van der Waals surface area (Å²) in [6.45, 7) is 1.75. The number of aromatic nitrogens is 2. The molecular formula is C25H22ClN3O5. The van der Waals surface area contributed by atoms with Gasteiger partial charge in [0.15, 0.2) is 11.5 Å². The molecule has 1 heterocycles. The summed E-state index contributed by atoms with van der Waals surface area (Å²) in [4.78, 5) is 30.7. The van der Waals surface area contributed by atoms with Gasteiger partial charge in [0.25, 0.3) is 11.5 Å².